The lowest BCUT2D eigenvalue weighted by Gasteiger charge is -2.26. The average molecular weight is 530 g/mol. The molecular formula is C19H15BrCl2N4O3S. The Kier molecular flexibility index (Phi) is 5.22. The predicted octanol–water partition coefficient (Wildman–Crippen LogP) is 4.24. The number of imidazole rings is 1. The summed E-state index contributed by atoms with van der Waals surface area (Å²) < 4.78 is 26.7. The fourth-order valence-corrected chi connectivity index (χ4v) is 5.15. The largest absolute Gasteiger partial charge is 0.284 e. The van der Waals surface area contributed by atoms with Crippen molar-refractivity contribution in [3.05, 3.63) is 68.7 Å². The van der Waals surface area contributed by atoms with Crippen molar-refractivity contribution in [2.24, 2.45) is 5.14 Å². The van der Waals surface area contributed by atoms with Crippen molar-refractivity contribution in [1.29, 1.82) is 0 Å². The number of primary sulfonamides is 1. The van der Waals surface area contributed by atoms with E-state index in [-0.39, 0.29) is 23.3 Å². The number of sulfonamides is 1. The third kappa shape index (κ3) is 3.54. The number of amides is 1. The molecule has 30 heavy (non-hydrogen) atoms. The van der Waals surface area contributed by atoms with Crippen LogP contribution in [0.25, 0.3) is 0 Å². The molecule has 1 atom stereocenters. The maximum absolute atomic E-state index is 13.7. The van der Waals surface area contributed by atoms with Crippen LogP contribution in [0, 0.1) is 0 Å². The van der Waals surface area contributed by atoms with Crippen molar-refractivity contribution in [1.82, 2.24) is 9.55 Å². The monoisotopic (exact) mass is 528 g/mol. The molecule has 1 aliphatic rings. The van der Waals surface area contributed by atoms with Gasteiger partial charge in [-0.1, -0.05) is 51.3 Å². The molecule has 7 nitrogen and oxygen atoms in total. The van der Waals surface area contributed by atoms with E-state index in [0.29, 0.717) is 15.7 Å². The molecule has 1 aliphatic heterocycles. The zero-order valence-electron chi connectivity index (χ0n) is 15.5. The molecule has 1 amide bonds. The molecule has 156 valence electrons. The number of benzene rings is 2. The van der Waals surface area contributed by atoms with Gasteiger partial charge in [0, 0.05) is 20.9 Å². The standard InChI is InChI=1S/C19H15BrCl2N4O3S/c1-19(9-11-2-4-12(20)5-3-11)17(27)25(15-7-13(21)6-14(22)8-15)18-24-10-16(26(18)19)30(23,28)29/h2-8,10H,9H2,1H3,(H2,23,28,29). The van der Waals surface area contributed by atoms with E-state index in [4.69, 9.17) is 28.3 Å². The van der Waals surface area contributed by atoms with Crippen molar-refractivity contribution in [2.75, 3.05) is 4.90 Å². The normalized spacial score (nSPS) is 18.7. The van der Waals surface area contributed by atoms with Gasteiger partial charge in [0.1, 0.15) is 5.54 Å². The Hall–Kier alpha value is -1.91. The van der Waals surface area contributed by atoms with Gasteiger partial charge in [-0.05, 0) is 42.8 Å². The molecular weight excluding hydrogens is 515 g/mol. The molecule has 0 bridgehead atoms. The molecule has 0 fully saturated rings. The summed E-state index contributed by atoms with van der Waals surface area (Å²) in [7, 11) is -4.14. The molecule has 2 heterocycles. The number of aromatic nitrogens is 2. The van der Waals surface area contributed by atoms with E-state index in [1.54, 1.807) is 19.1 Å². The Morgan fingerprint density at radius 1 is 1.13 bits per heavy atom. The number of rotatable bonds is 4. The SMILES string of the molecule is CC1(Cc2ccc(Br)cc2)C(=O)N(c2cc(Cl)cc(Cl)c2)c2ncc(S(N)(=O)=O)n21. The van der Waals surface area contributed by atoms with E-state index < -0.39 is 15.6 Å². The summed E-state index contributed by atoms with van der Waals surface area (Å²) in [5.41, 5.74) is -0.0825. The van der Waals surface area contributed by atoms with Gasteiger partial charge in [-0.3, -0.25) is 9.36 Å². The van der Waals surface area contributed by atoms with E-state index in [2.05, 4.69) is 20.9 Å². The first-order valence-electron chi connectivity index (χ1n) is 8.67. The van der Waals surface area contributed by atoms with E-state index in [0.717, 1.165) is 16.2 Å². The van der Waals surface area contributed by atoms with Gasteiger partial charge in [0.15, 0.2) is 5.03 Å². The highest BCUT2D eigenvalue weighted by Crippen LogP contribution is 2.44. The minimum absolute atomic E-state index is 0.127. The van der Waals surface area contributed by atoms with Gasteiger partial charge in [0.25, 0.3) is 15.9 Å². The number of halogens is 3. The summed E-state index contributed by atoms with van der Waals surface area (Å²) in [5, 5.41) is 5.83. The summed E-state index contributed by atoms with van der Waals surface area (Å²) in [6.45, 7) is 1.66. The molecule has 0 spiro atoms. The number of nitrogens with two attached hydrogens (primary N) is 1. The quantitative estimate of drug-likeness (QED) is 0.546. The van der Waals surface area contributed by atoms with Gasteiger partial charge in [0.2, 0.25) is 5.95 Å². The number of fused-ring (bicyclic) bond motifs is 1. The molecule has 1 unspecified atom stereocenters. The molecule has 0 radical (unpaired) electrons. The molecule has 0 aliphatic carbocycles. The third-order valence-electron chi connectivity index (χ3n) is 4.93. The summed E-state index contributed by atoms with van der Waals surface area (Å²) in [5.74, 6) is -0.251. The maximum atomic E-state index is 13.7. The Bertz CT molecular complexity index is 1260. The van der Waals surface area contributed by atoms with Gasteiger partial charge in [-0.15, -0.1) is 0 Å². The molecule has 0 saturated carbocycles. The first-order valence-corrected chi connectivity index (χ1v) is 11.8. The first kappa shape index (κ1) is 21.3. The highest BCUT2D eigenvalue weighted by molar-refractivity contribution is 9.10. The van der Waals surface area contributed by atoms with Crippen LogP contribution in [-0.4, -0.2) is 23.9 Å². The Balaban J connectivity index is 1.93. The highest BCUT2D eigenvalue weighted by atomic mass is 79.9. The number of hydrogen-bond acceptors (Lipinski definition) is 4. The maximum Gasteiger partial charge on any atom is 0.260 e. The molecule has 2 N–H and O–H groups in total. The van der Waals surface area contributed by atoms with Gasteiger partial charge < -0.3 is 0 Å². The van der Waals surface area contributed by atoms with Crippen molar-refractivity contribution in [3.8, 4) is 0 Å². The van der Waals surface area contributed by atoms with Crippen LogP contribution < -0.4 is 10.0 Å². The van der Waals surface area contributed by atoms with Crippen LogP contribution >= 0.6 is 39.1 Å². The van der Waals surface area contributed by atoms with E-state index in [1.165, 1.54) is 15.5 Å². The summed E-state index contributed by atoms with van der Waals surface area (Å²) >= 11 is 15.6. The average Bonchev–Trinajstić information content (AvgIpc) is 3.16. The van der Waals surface area contributed by atoms with Crippen LogP contribution in [0.4, 0.5) is 11.6 Å². The molecule has 4 rings (SSSR count). The number of nitrogens with zero attached hydrogens (tertiary/aromatic N) is 3. The second-order valence-corrected chi connectivity index (χ2v) is 10.4. The van der Waals surface area contributed by atoms with Crippen LogP contribution in [-0.2, 0) is 26.8 Å². The zero-order valence-corrected chi connectivity index (χ0v) is 19.4. The summed E-state index contributed by atoms with van der Waals surface area (Å²) in [6.07, 6.45) is 1.37. The van der Waals surface area contributed by atoms with Gasteiger partial charge in [-0.2, -0.15) is 0 Å². The fraction of sp³-hybridized carbons (Fsp3) is 0.158. The number of carbonyl (C=O) groups excluding carboxylic acids is 1. The van der Waals surface area contributed by atoms with E-state index in [1.807, 2.05) is 24.3 Å². The minimum atomic E-state index is -4.14. The molecule has 3 aromatic rings. The Labute approximate surface area is 191 Å². The predicted molar refractivity (Wildman–Crippen MR) is 119 cm³/mol. The zero-order chi connectivity index (χ0) is 21.8. The molecule has 11 heteroatoms. The lowest BCUT2D eigenvalue weighted by atomic mass is 9.92. The van der Waals surface area contributed by atoms with Crippen molar-refractivity contribution in [3.63, 3.8) is 0 Å². The number of hydrogen-bond donors (Lipinski definition) is 1. The Morgan fingerprint density at radius 2 is 1.73 bits per heavy atom. The van der Waals surface area contributed by atoms with Crippen LogP contribution in [0.1, 0.15) is 12.5 Å². The van der Waals surface area contributed by atoms with Crippen molar-refractivity contribution < 1.29 is 13.2 Å². The van der Waals surface area contributed by atoms with Crippen LogP contribution in [0.5, 0.6) is 0 Å². The highest BCUT2D eigenvalue weighted by Gasteiger charge is 2.51. The second kappa shape index (κ2) is 7.35. The first-order chi connectivity index (χ1) is 14.0. The molecule has 1 aromatic heterocycles. The number of carbonyl (C=O) groups is 1. The fourth-order valence-electron chi connectivity index (χ4n) is 3.63. The third-order valence-corrected chi connectivity index (χ3v) is 6.76. The molecule has 2 aromatic carbocycles. The van der Waals surface area contributed by atoms with Gasteiger partial charge in [0.05, 0.1) is 11.9 Å². The van der Waals surface area contributed by atoms with Crippen molar-refractivity contribution >= 4 is 66.7 Å². The number of anilines is 2. The van der Waals surface area contributed by atoms with Gasteiger partial charge in [-0.25, -0.2) is 23.4 Å². The van der Waals surface area contributed by atoms with Crippen LogP contribution in [0.2, 0.25) is 10.0 Å². The van der Waals surface area contributed by atoms with Crippen LogP contribution in [0.15, 0.2) is 58.2 Å². The molecule has 0 saturated heterocycles. The summed E-state index contributed by atoms with van der Waals surface area (Å²) in [6, 6.07) is 12.1. The van der Waals surface area contributed by atoms with Crippen molar-refractivity contribution in [2.45, 2.75) is 23.9 Å². The topological polar surface area (TPSA) is 98.3 Å². The smallest absolute Gasteiger partial charge is 0.260 e. The lowest BCUT2D eigenvalue weighted by molar-refractivity contribution is -0.124. The summed E-state index contributed by atoms with van der Waals surface area (Å²) in [4.78, 5) is 19.2. The van der Waals surface area contributed by atoms with E-state index >= 15 is 0 Å². The van der Waals surface area contributed by atoms with E-state index in [9.17, 15) is 13.2 Å². The van der Waals surface area contributed by atoms with Crippen LogP contribution in [0.3, 0.4) is 0 Å². The lowest BCUT2D eigenvalue weighted by Crippen LogP contribution is -2.42. The van der Waals surface area contributed by atoms with Gasteiger partial charge >= 0.3 is 0 Å². The Morgan fingerprint density at radius 3 is 2.30 bits per heavy atom. The second-order valence-electron chi connectivity index (χ2n) is 7.12. The minimum Gasteiger partial charge on any atom is -0.284 e.